The molecule has 5 heteroatoms. The predicted molar refractivity (Wildman–Crippen MR) is 103 cm³/mol. The zero-order chi connectivity index (χ0) is 18.4. The summed E-state index contributed by atoms with van der Waals surface area (Å²) in [6.45, 7) is 0. The van der Waals surface area contributed by atoms with Gasteiger partial charge in [0, 0.05) is 17.9 Å². The SMILES string of the molecule is O=C(O)CCC/C=C\C[C@@H]1[C@@H](C[S+]([O-])Cc2ccccc2)[C@@H]2CC[C@H]1O2. The second-order valence-corrected chi connectivity index (χ2v) is 8.85. The molecule has 3 rings (SSSR count). The first-order valence-electron chi connectivity index (χ1n) is 9.54. The average Bonchev–Trinajstić information content (AvgIpc) is 3.21. The lowest BCUT2D eigenvalue weighted by molar-refractivity contribution is -0.137. The summed E-state index contributed by atoms with van der Waals surface area (Å²) in [5.74, 6) is 1.42. The second-order valence-electron chi connectivity index (χ2n) is 7.35. The molecule has 2 saturated heterocycles. The van der Waals surface area contributed by atoms with Gasteiger partial charge in [-0.2, -0.15) is 0 Å². The van der Waals surface area contributed by atoms with E-state index in [0.717, 1.165) is 31.2 Å². The van der Waals surface area contributed by atoms with Crippen LogP contribution in [0.2, 0.25) is 0 Å². The summed E-state index contributed by atoms with van der Waals surface area (Å²) < 4.78 is 18.8. The molecule has 142 valence electrons. The third-order valence-electron chi connectivity index (χ3n) is 5.48. The molecule has 0 saturated carbocycles. The van der Waals surface area contributed by atoms with Gasteiger partial charge in [0.25, 0.3) is 0 Å². The highest BCUT2D eigenvalue weighted by atomic mass is 32.2. The summed E-state index contributed by atoms with van der Waals surface area (Å²) in [6.07, 6.45) is 9.70. The van der Waals surface area contributed by atoms with Crippen LogP contribution in [0.4, 0.5) is 0 Å². The van der Waals surface area contributed by atoms with Gasteiger partial charge < -0.3 is 14.4 Å². The van der Waals surface area contributed by atoms with Crippen LogP contribution in [0.5, 0.6) is 0 Å². The average molecular weight is 377 g/mol. The van der Waals surface area contributed by atoms with E-state index in [0.29, 0.717) is 35.9 Å². The number of benzene rings is 1. The van der Waals surface area contributed by atoms with E-state index in [1.807, 2.05) is 30.3 Å². The topological polar surface area (TPSA) is 69.6 Å². The minimum atomic E-state index is -0.868. The van der Waals surface area contributed by atoms with E-state index in [4.69, 9.17) is 9.84 Å². The molecule has 0 amide bonds. The number of carboxylic acid groups (broad SMARTS) is 1. The Morgan fingerprint density at radius 2 is 1.92 bits per heavy atom. The number of allylic oxidation sites excluding steroid dienone is 2. The van der Waals surface area contributed by atoms with Crippen molar-refractivity contribution in [2.24, 2.45) is 11.8 Å². The van der Waals surface area contributed by atoms with Gasteiger partial charge in [-0.25, -0.2) is 0 Å². The molecule has 0 spiro atoms. The summed E-state index contributed by atoms with van der Waals surface area (Å²) >= 11 is -0.868. The number of ether oxygens (including phenoxy) is 1. The highest BCUT2D eigenvalue weighted by molar-refractivity contribution is 7.90. The Kier molecular flexibility index (Phi) is 7.17. The molecule has 0 radical (unpaired) electrons. The van der Waals surface area contributed by atoms with Gasteiger partial charge in [-0.1, -0.05) is 42.5 Å². The maximum absolute atomic E-state index is 12.7. The lowest BCUT2D eigenvalue weighted by Crippen LogP contribution is -2.33. The minimum Gasteiger partial charge on any atom is -0.616 e. The molecule has 26 heavy (non-hydrogen) atoms. The van der Waals surface area contributed by atoms with Crippen LogP contribution in [0, 0.1) is 11.8 Å². The smallest absolute Gasteiger partial charge is 0.303 e. The van der Waals surface area contributed by atoms with Gasteiger partial charge in [0.15, 0.2) is 0 Å². The Bertz CT molecular complexity index is 603. The van der Waals surface area contributed by atoms with Crippen LogP contribution in [0.3, 0.4) is 0 Å². The van der Waals surface area contributed by atoms with Gasteiger partial charge in [-0.05, 0) is 49.2 Å². The van der Waals surface area contributed by atoms with Crippen molar-refractivity contribution in [3.63, 3.8) is 0 Å². The van der Waals surface area contributed by atoms with Crippen LogP contribution in [0.15, 0.2) is 42.5 Å². The highest BCUT2D eigenvalue weighted by Gasteiger charge is 2.49. The first kappa shape index (κ1) is 19.5. The van der Waals surface area contributed by atoms with E-state index in [2.05, 4.69) is 12.2 Å². The maximum Gasteiger partial charge on any atom is 0.303 e. The van der Waals surface area contributed by atoms with Gasteiger partial charge in [-0.15, -0.1) is 0 Å². The number of carboxylic acids is 1. The molecule has 2 aliphatic heterocycles. The fourth-order valence-corrected chi connectivity index (χ4v) is 5.78. The quantitative estimate of drug-likeness (QED) is 0.382. The summed E-state index contributed by atoms with van der Waals surface area (Å²) in [7, 11) is 0. The first-order chi connectivity index (χ1) is 12.6. The first-order valence-corrected chi connectivity index (χ1v) is 11.0. The lowest BCUT2D eigenvalue weighted by atomic mass is 9.78. The fraction of sp³-hybridized carbons (Fsp3) is 0.571. The Hall–Kier alpha value is -1.30. The fourth-order valence-electron chi connectivity index (χ4n) is 4.20. The third kappa shape index (κ3) is 5.35. The number of unbranched alkanes of at least 4 members (excludes halogenated alkanes) is 1. The molecule has 0 aromatic heterocycles. The lowest BCUT2D eigenvalue weighted by Gasteiger charge is -2.27. The van der Waals surface area contributed by atoms with Crippen molar-refractivity contribution in [1.29, 1.82) is 0 Å². The molecule has 1 aromatic carbocycles. The van der Waals surface area contributed by atoms with Crippen molar-refractivity contribution in [2.75, 3.05) is 5.75 Å². The Balaban J connectivity index is 1.48. The molecule has 1 N–H and O–H groups in total. The molecule has 2 bridgehead atoms. The van der Waals surface area contributed by atoms with Crippen molar-refractivity contribution in [3.8, 4) is 0 Å². The minimum absolute atomic E-state index is 0.225. The highest BCUT2D eigenvalue weighted by Crippen LogP contribution is 2.45. The van der Waals surface area contributed by atoms with Crippen molar-refractivity contribution in [2.45, 2.75) is 56.5 Å². The standard InChI is InChI=1S/C21H28O4S/c22-21(23)11-7-2-1-6-10-17-18(20-13-12-19(17)25-20)15-26(24)14-16-8-4-3-5-9-16/h1,3-6,8-9,17-20H,2,7,10-15H2,(H,22,23)/b6-1-/t17-,18-,19-,20+,26?/m1/s1. The van der Waals surface area contributed by atoms with E-state index in [-0.39, 0.29) is 12.5 Å². The largest absolute Gasteiger partial charge is 0.616 e. The second kappa shape index (κ2) is 9.58. The number of hydrogen-bond acceptors (Lipinski definition) is 3. The number of aliphatic carboxylic acids is 1. The predicted octanol–water partition coefficient (Wildman–Crippen LogP) is 3.93. The van der Waals surface area contributed by atoms with Crippen LogP contribution in [-0.2, 0) is 26.5 Å². The molecule has 5 atom stereocenters. The van der Waals surface area contributed by atoms with E-state index < -0.39 is 17.1 Å². The normalized spacial score (nSPS) is 28.7. The zero-order valence-corrected chi connectivity index (χ0v) is 15.9. The van der Waals surface area contributed by atoms with E-state index in [1.165, 1.54) is 0 Å². The van der Waals surface area contributed by atoms with Crippen LogP contribution in [0.25, 0.3) is 0 Å². The molecule has 1 aromatic rings. The molecule has 0 aliphatic carbocycles. The molecular formula is C21H28O4S. The van der Waals surface area contributed by atoms with Gasteiger partial charge in [-0.3, -0.25) is 4.79 Å². The maximum atomic E-state index is 12.7. The molecule has 2 heterocycles. The monoisotopic (exact) mass is 376 g/mol. The summed E-state index contributed by atoms with van der Waals surface area (Å²) in [5, 5.41) is 8.67. The van der Waals surface area contributed by atoms with E-state index in [9.17, 15) is 9.35 Å². The van der Waals surface area contributed by atoms with Crippen molar-refractivity contribution < 1.29 is 19.2 Å². The van der Waals surface area contributed by atoms with E-state index >= 15 is 0 Å². The number of rotatable bonds is 10. The van der Waals surface area contributed by atoms with Crippen LogP contribution in [-0.4, -0.2) is 33.6 Å². The molecule has 1 unspecified atom stereocenters. The van der Waals surface area contributed by atoms with Crippen LogP contribution in [0.1, 0.15) is 44.1 Å². The molecule has 2 aliphatic rings. The summed E-state index contributed by atoms with van der Waals surface area (Å²) in [6, 6.07) is 10.0. The van der Waals surface area contributed by atoms with E-state index in [1.54, 1.807) is 0 Å². The van der Waals surface area contributed by atoms with Crippen molar-refractivity contribution in [3.05, 3.63) is 48.0 Å². The third-order valence-corrected chi connectivity index (χ3v) is 6.89. The zero-order valence-electron chi connectivity index (χ0n) is 15.1. The summed E-state index contributed by atoms with van der Waals surface area (Å²) in [5.41, 5.74) is 1.13. The van der Waals surface area contributed by atoms with Gasteiger partial charge >= 0.3 is 5.97 Å². The Morgan fingerprint density at radius 3 is 2.65 bits per heavy atom. The molecular weight excluding hydrogens is 348 g/mol. The molecule has 4 nitrogen and oxygen atoms in total. The Labute approximate surface area is 158 Å². The number of carbonyl (C=O) groups is 1. The Morgan fingerprint density at radius 1 is 1.19 bits per heavy atom. The van der Waals surface area contributed by atoms with Gasteiger partial charge in [0.1, 0.15) is 11.5 Å². The summed E-state index contributed by atoms with van der Waals surface area (Å²) in [4.78, 5) is 10.5. The van der Waals surface area contributed by atoms with Crippen LogP contribution >= 0.6 is 0 Å². The number of fused-ring (bicyclic) bond motifs is 2. The van der Waals surface area contributed by atoms with Crippen molar-refractivity contribution >= 4 is 17.1 Å². The van der Waals surface area contributed by atoms with Gasteiger partial charge in [0.2, 0.25) is 0 Å². The van der Waals surface area contributed by atoms with Crippen LogP contribution < -0.4 is 0 Å². The van der Waals surface area contributed by atoms with Gasteiger partial charge in [0.05, 0.1) is 12.2 Å². The number of hydrogen-bond donors (Lipinski definition) is 1. The molecule has 2 fully saturated rings. The van der Waals surface area contributed by atoms with Crippen molar-refractivity contribution in [1.82, 2.24) is 0 Å².